The molecule has 2 amide bonds. The van der Waals surface area contributed by atoms with Crippen LogP contribution in [0.5, 0.6) is 0 Å². The number of carbonyl (C=O) groups excluding carboxylic acids is 2. The van der Waals surface area contributed by atoms with E-state index in [1.165, 1.54) is 22.3 Å². The molecular weight excluding hydrogens is 809 g/mol. The van der Waals surface area contributed by atoms with Crippen LogP contribution in [0.2, 0.25) is 0 Å². The van der Waals surface area contributed by atoms with Gasteiger partial charge in [0.1, 0.15) is 0 Å². The predicted octanol–water partition coefficient (Wildman–Crippen LogP) is 13.2. The minimum atomic E-state index is -6.05. The molecule has 0 radical (unpaired) electrons. The van der Waals surface area contributed by atoms with E-state index in [0.717, 1.165) is 44.5 Å². The predicted molar refractivity (Wildman–Crippen MR) is 237 cm³/mol. The number of amides is 2. The summed E-state index contributed by atoms with van der Waals surface area (Å²) in [6.07, 6.45) is 5.12. The van der Waals surface area contributed by atoms with Crippen molar-refractivity contribution in [3.05, 3.63) is 129 Å². The summed E-state index contributed by atoms with van der Waals surface area (Å²) < 4.78 is -1.82. The average molecular weight is 868 g/mol. The topological polar surface area (TPSA) is 58.2 Å². The van der Waals surface area contributed by atoms with Crippen molar-refractivity contribution in [2.75, 3.05) is 0 Å². The summed E-state index contributed by atoms with van der Waals surface area (Å²) in [5, 5.41) is 6.58. The van der Waals surface area contributed by atoms with Crippen molar-refractivity contribution in [2.24, 2.45) is 11.8 Å². The van der Waals surface area contributed by atoms with Gasteiger partial charge in [-0.3, -0.25) is 0 Å². The van der Waals surface area contributed by atoms with Crippen LogP contribution in [0.25, 0.3) is 34.4 Å². The Balaban J connectivity index is 1.73. The van der Waals surface area contributed by atoms with Crippen LogP contribution in [-0.2, 0) is 25.8 Å². The molecule has 56 heavy (non-hydrogen) atoms. The second-order valence-corrected chi connectivity index (χ2v) is 38.5. The van der Waals surface area contributed by atoms with Gasteiger partial charge in [-0.2, -0.15) is 0 Å². The molecule has 0 bridgehead atoms. The summed E-state index contributed by atoms with van der Waals surface area (Å²) in [7, 11) is 17.9. The van der Waals surface area contributed by atoms with E-state index in [2.05, 4.69) is 163 Å². The molecule has 8 heteroatoms. The third-order valence-electron chi connectivity index (χ3n) is 12.2. The summed E-state index contributed by atoms with van der Waals surface area (Å²) in [4.78, 5) is 27.5. The second-order valence-electron chi connectivity index (χ2n) is 17.1. The van der Waals surface area contributed by atoms with Crippen molar-refractivity contribution >= 4 is 45.5 Å². The van der Waals surface area contributed by atoms with Crippen LogP contribution < -0.4 is 10.5 Å². The van der Waals surface area contributed by atoms with Crippen LogP contribution in [0, 0.1) is 11.8 Å². The van der Waals surface area contributed by atoms with E-state index in [9.17, 15) is 9.59 Å². The molecule has 0 aliphatic heterocycles. The number of hydrogen-bond donors (Lipinski definition) is 2. The number of halogens is 2. The Morgan fingerprint density at radius 1 is 0.554 bits per heavy atom. The first kappa shape index (κ1) is 42.4. The molecule has 0 aromatic heterocycles. The standard InChI is InChI=1S/2C21H23.C6H11BN2O2.2ClH.Zr/c2*1-14(2)17-12-16-8-7-11-20(21(16)13-17)19-10-6-5-9-18(19)15(3)4;1-3-5(10)8-7-9-6(11)4-2;;;/h2*5-15H,1-4H3;3-4H2,1-2H3,(H-,8,9,10,11);2*1H;/q;;;;;+1/p-1. The molecule has 2 N–H and O–H groups in total. The number of allylic oxidation sites excluding steroid dienone is 2. The molecule has 0 spiro atoms. The summed E-state index contributed by atoms with van der Waals surface area (Å²) in [6, 6.07) is 30.3. The quantitative estimate of drug-likeness (QED) is 0.132. The molecule has 4 aromatic rings. The zero-order valence-electron chi connectivity index (χ0n) is 34.8. The van der Waals surface area contributed by atoms with Gasteiger partial charge in [0.25, 0.3) is 0 Å². The fourth-order valence-electron chi connectivity index (χ4n) is 9.38. The Labute approximate surface area is 344 Å². The molecule has 4 aromatic carbocycles. The van der Waals surface area contributed by atoms with Crippen molar-refractivity contribution in [2.45, 2.75) is 101 Å². The number of nitrogens with one attached hydrogen (secondary N) is 2. The van der Waals surface area contributed by atoms with Crippen LogP contribution in [0.3, 0.4) is 0 Å². The van der Waals surface area contributed by atoms with Gasteiger partial charge in [0.05, 0.1) is 0 Å². The molecule has 0 fully saturated rings. The van der Waals surface area contributed by atoms with Gasteiger partial charge in [0.15, 0.2) is 0 Å². The van der Waals surface area contributed by atoms with Gasteiger partial charge in [0.2, 0.25) is 0 Å². The van der Waals surface area contributed by atoms with Gasteiger partial charge >= 0.3 is 346 Å². The molecule has 0 saturated heterocycles. The summed E-state index contributed by atoms with van der Waals surface area (Å²) in [5.41, 5.74) is 13.9. The Hall–Kier alpha value is -3.17. The van der Waals surface area contributed by atoms with Gasteiger partial charge in [-0.05, 0) is 0 Å². The molecule has 2 aliphatic carbocycles. The van der Waals surface area contributed by atoms with E-state index in [4.69, 9.17) is 17.0 Å². The van der Waals surface area contributed by atoms with Crippen LogP contribution in [0.4, 0.5) is 0 Å². The van der Waals surface area contributed by atoms with Crippen LogP contribution >= 0.6 is 17.0 Å². The van der Waals surface area contributed by atoms with Gasteiger partial charge in [-0.15, -0.1) is 0 Å². The zero-order chi connectivity index (χ0) is 40.7. The normalized spacial score (nSPS) is 17.0. The van der Waals surface area contributed by atoms with Crippen molar-refractivity contribution in [3.63, 3.8) is 0 Å². The number of benzene rings is 4. The SMILES string of the molecule is CCC(=O)N[B](NC(=O)CC)[Zr]([Cl])([Cl])([CH]1C(C(C)C)=Cc2c(-c3ccccc3C(C)C)cccc21)[CH]1C(C(C)C)=Cc2c(-c3ccccc3C(C)C)cccc21. The molecule has 2 atom stereocenters. The van der Waals surface area contributed by atoms with Crippen molar-refractivity contribution < 1.29 is 25.8 Å². The van der Waals surface area contributed by atoms with Crippen LogP contribution in [0.15, 0.2) is 96.1 Å². The van der Waals surface area contributed by atoms with E-state index < -0.39 is 27.9 Å². The molecule has 2 aliphatic rings. The summed E-state index contributed by atoms with van der Waals surface area (Å²) in [6.45, 7) is 21.4. The van der Waals surface area contributed by atoms with Crippen molar-refractivity contribution in [1.82, 2.24) is 10.5 Å². The molecular formula is C48H58BCl2N2O2Zr. The van der Waals surface area contributed by atoms with Crippen LogP contribution in [-0.4, -0.2) is 16.3 Å². The molecule has 293 valence electrons. The third kappa shape index (κ3) is 7.37. The minimum absolute atomic E-state index is 0.0759. The average Bonchev–Trinajstić information content (AvgIpc) is 3.79. The van der Waals surface area contributed by atoms with Gasteiger partial charge in [-0.25, -0.2) is 0 Å². The fraction of sp³-hybridized carbons (Fsp3) is 0.375. The third-order valence-corrected chi connectivity index (χ3v) is 31.9. The molecule has 2 unspecified atom stereocenters. The first-order valence-corrected chi connectivity index (χ1v) is 31.2. The monoisotopic (exact) mass is 865 g/mol. The first-order chi connectivity index (χ1) is 26.5. The van der Waals surface area contributed by atoms with E-state index in [1.807, 2.05) is 13.8 Å². The first-order valence-electron chi connectivity index (χ1n) is 20.6. The zero-order valence-corrected chi connectivity index (χ0v) is 38.7. The Kier molecular flexibility index (Phi) is 12.6. The van der Waals surface area contributed by atoms with Crippen LogP contribution in [0.1, 0.15) is 135 Å². The molecule has 0 saturated carbocycles. The fourth-order valence-corrected chi connectivity index (χ4v) is 30.4. The number of fused-ring (bicyclic) bond motifs is 2. The number of hydrogen-bond acceptors (Lipinski definition) is 2. The van der Waals surface area contributed by atoms with E-state index in [-0.39, 0.29) is 36.5 Å². The summed E-state index contributed by atoms with van der Waals surface area (Å²) in [5.74, 6) is 0.391. The second kappa shape index (κ2) is 16.6. The Morgan fingerprint density at radius 3 is 1.25 bits per heavy atom. The maximum atomic E-state index is 13.7. The van der Waals surface area contributed by atoms with Crippen molar-refractivity contribution in [1.29, 1.82) is 0 Å². The molecule has 6 rings (SSSR count). The van der Waals surface area contributed by atoms with Gasteiger partial charge < -0.3 is 0 Å². The molecule has 4 nitrogen and oxygen atoms in total. The molecule has 0 heterocycles. The van der Waals surface area contributed by atoms with E-state index in [1.54, 1.807) is 0 Å². The van der Waals surface area contributed by atoms with Crippen molar-refractivity contribution in [3.8, 4) is 22.3 Å². The van der Waals surface area contributed by atoms with E-state index in [0.29, 0.717) is 11.8 Å². The number of carbonyl (C=O) groups is 2. The Bertz CT molecular complexity index is 2070. The maximum absolute atomic E-state index is 13.7. The summed E-state index contributed by atoms with van der Waals surface area (Å²) >= 11 is -6.05. The Morgan fingerprint density at radius 2 is 0.911 bits per heavy atom. The van der Waals surface area contributed by atoms with Gasteiger partial charge in [-0.1, -0.05) is 0 Å². The number of rotatable bonds is 13. The van der Waals surface area contributed by atoms with Gasteiger partial charge in [0, 0.05) is 0 Å². The van der Waals surface area contributed by atoms with E-state index >= 15 is 0 Å².